The van der Waals surface area contributed by atoms with Crippen LogP contribution in [0.4, 0.5) is 5.69 Å². The molecule has 1 fully saturated rings. The molecule has 0 atom stereocenters. The molecule has 2 heterocycles. The predicted octanol–water partition coefficient (Wildman–Crippen LogP) is 6.40. The number of hydrogen-bond acceptors (Lipinski definition) is 4. The third kappa shape index (κ3) is 5.14. The first kappa shape index (κ1) is 20.3. The van der Waals surface area contributed by atoms with Crippen LogP contribution in [0.3, 0.4) is 0 Å². The lowest BCUT2D eigenvalue weighted by Crippen LogP contribution is -2.29. The van der Waals surface area contributed by atoms with Crippen molar-refractivity contribution >= 4 is 29.1 Å². The van der Waals surface area contributed by atoms with Gasteiger partial charge in [0.15, 0.2) is 5.78 Å². The summed E-state index contributed by atoms with van der Waals surface area (Å²) in [6.07, 6.45) is 6.99. The van der Waals surface area contributed by atoms with E-state index < -0.39 is 0 Å². The maximum atomic E-state index is 12.5. The zero-order chi connectivity index (χ0) is 20.8. The van der Waals surface area contributed by atoms with E-state index in [1.165, 1.54) is 31.0 Å². The number of rotatable bonds is 7. The third-order valence-corrected chi connectivity index (χ3v) is 5.47. The van der Waals surface area contributed by atoms with Crippen molar-refractivity contribution in [1.29, 1.82) is 0 Å². The second kappa shape index (κ2) is 9.68. The van der Waals surface area contributed by atoms with E-state index in [4.69, 9.17) is 20.8 Å². The van der Waals surface area contributed by atoms with Gasteiger partial charge in [0.25, 0.3) is 0 Å². The highest BCUT2D eigenvalue weighted by Crippen LogP contribution is 2.24. The second-order valence-corrected chi connectivity index (χ2v) is 7.72. The Morgan fingerprint density at radius 3 is 2.53 bits per heavy atom. The summed E-state index contributed by atoms with van der Waals surface area (Å²) in [4.78, 5) is 14.9. The minimum Gasteiger partial charge on any atom is -0.484 e. The standard InChI is InChI=1S/C25H24ClNO3/c26-23-6-2-3-7-25(23)29-18-22-13-12-21(30-22)14-15-24(28)19-8-10-20(11-9-19)27-16-4-1-5-17-27/h2-3,6-15H,1,4-5,16-18H2/b15-14+. The third-order valence-electron chi connectivity index (χ3n) is 5.16. The van der Waals surface area contributed by atoms with E-state index in [1.54, 1.807) is 18.2 Å². The average Bonchev–Trinajstić information content (AvgIpc) is 3.25. The van der Waals surface area contributed by atoms with Crippen LogP contribution in [0.2, 0.25) is 5.02 Å². The van der Waals surface area contributed by atoms with Crippen LogP contribution in [0.5, 0.6) is 5.75 Å². The van der Waals surface area contributed by atoms with Gasteiger partial charge in [0.1, 0.15) is 23.9 Å². The first-order valence-electron chi connectivity index (χ1n) is 10.2. The summed E-state index contributed by atoms with van der Waals surface area (Å²) in [5.41, 5.74) is 1.85. The highest BCUT2D eigenvalue weighted by molar-refractivity contribution is 6.32. The van der Waals surface area contributed by atoms with Gasteiger partial charge in [-0.15, -0.1) is 0 Å². The molecule has 5 heteroatoms. The number of anilines is 1. The van der Waals surface area contributed by atoms with Crippen LogP contribution in [0.25, 0.3) is 6.08 Å². The number of furan rings is 1. The molecule has 154 valence electrons. The Morgan fingerprint density at radius 1 is 1.00 bits per heavy atom. The van der Waals surface area contributed by atoms with Gasteiger partial charge in [0.2, 0.25) is 0 Å². The predicted molar refractivity (Wildman–Crippen MR) is 120 cm³/mol. The Kier molecular flexibility index (Phi) is 6.55. The molecule has 0 aliphatic carbocycles. The van der Waals surface area contributed by atoms with Crippen LogP contribution in [0, 0.1) is 0 Å². The summed E-state index contributed by atoms with van der Waals surface area (Å²) >= 11 is 6.09. The first-order chi connectivity index (χ1) is 14.7. The van der Waals surface area contributed by atoms with Crippen molar-refractivity contribution in [3.63, 3.8) is 0 Å². The lowest BCUT2D eigenvalue weighted by molar-refractivity contribution is 0.104. The number of allylic oxidation sites excluding steroid dienone is 1. The zero-order valence-electron chi connectivity index (χ0n) is 16.7. The Hall–Kier alpha value is -2.98. The molecule has 1 aliphatic heterocycles. The van der Waals surface area contributed by atoms with Crippen LogP contribution < -0.4 is 9.64 Å². The molecule has 1 aromatic heterocycles. The monoisotopic (exact) mass is 421 g/mol. The molecule has 0 N–H and O–H groups in total. The number of halogens is 1. The van der Waals surface area contributed by atoms with Gasteiger partial charge in [-0.1, -0.05) is 23.7 Å². The molecular formula is C25H24ClNO3. The molecule has 4 rings (SSSR count). The molecule has 30 heavy (non-hydrogen) atoms. The van der Waals surface area contributed by atoms with Crippen molar-refractivity contribution in [2.24, 2.45) is 0 Å². The van der Waals surface area contributed by atoms with Crippen LogP contribution in [0.1, 0.15) is 41.1 Å². The highest BCUT2D eigenvalue weighted by atomic mass is 35.5. The fourth-order valence-corrected chi connectivity index (χ4v) is 3.71. The Bertz CT molecular complexity index is 1020. The summed E-state index contributed by atoms with van der Waals surface area (Å²) in [5.74, 6) is 1.82. The average molecular weight is 422 g/mol. The summed E-state index contributed by atoms with van der Waals surface area (Å²) in [6, 6.07) is 18.8. The van der Waals surface area contributed by atoms with E-state index in [9.17, 15) is 4.79 Å². The number of ether oxygens (including phenoxy) is 1. The Balaban J connectivity index is 1.33. The molecule has 3 aromatic rings. The summed E-state index contributed by atoms with van der Waals surface area (Å²) < 4.78 is 11.4. The van der Waals surface area contributed by atoms with Gasteiger partial charge in [0, 0.05) is 24.3 Å². The number of para-hydroxylation sites is 1. The smallest absolute Gasteiger partial charge is 0.185 e. The molecule has 1 aliphatic rings. The Morgan fingerprint density at radius 2 is 1.77 bits per heavy atom. The van der Waals surface area contributed by atoms with Gasteiger partial charge in [-0.2, -0.15) is 0 Å². The lowest BCUT2D eigenvalue weighted by Gasteiger charge is -2.28. The molecule has 0 spiro atoms. The molecular weight excluding hydrogens is 398 g/mol. The van der Waals surface area contributed by atoms with Crippen molar-refractivity contribution in [1.82, 2.24) is 0 Å². The van der Waals surface area contributed by atoms with Gasteiger partial charge in [-0.25, -0.2) is 0 Å². The largest absolute Gasteiger partial charge is 0.484 e. The van der Waals surface area contributed by atoms with E-state index in [-0.39, 0.29) is 12.4 Å². The highest BCUT2D eigenvalue weighted by Gasteiger charge is 2.11. The van der Waals surface area contributed by atoms with Crippen molar-refractivity contribution in [3.05, 3.63) is 88.8 Å². The van der Waals surface area contributed by atoms with E-state index >= 15 is 0 Å². The van der Waals surface area contributed by atoms with Crippen LogP contribution in [-0.4, -0.2) is 18.9 Å². The summed E-state index contributed by atoms with van der Waals surface area (Å²) in [5, 5.41) is 0.557. The number of carbonyl (C=O) groups is 1. The van der Waals surface area contributed by atoms with Gasteiger partial charge in [-0.3, -0.25) is 4.79 Å². The number of carbonyl (C=O) groups excluding carboxylic acids is 1. The molecule has 0 radical (unpaired) electrons. The van der Waals surface area contributed by atoms with Gasteiger partial charge < -0.3 is 14.1 Å². The summed E-state index contributed by atoms with van der Waals surface area (Å²) in [6.45, 7) is 2.45. The lowest BCUT2D eigenvalue weighted by atomic mass is 10.1. The van der Waals surface area contributed by atoms with E-state index in [0.29, 0.717) is 27.9 Å². The molecule has 0 amide bonds. The minimum absolute atomic E-state index is 0.0505. The summed E-state index contributed by atoms with van der Waals surface area (Å²) in [7, 11) is 0. The van der Waals surface area contributed by atoms with Crippen LogP contribution in [-0.2, 0) is 6.61 Å². The van der Waals surface area contributed by atoms with E-state index in [0.717, 1.165) is 13.1 Å². The number of ketones is 1. The van der Waals surface area contributed by atoms with E-state index in [1.807, 2.05) is 48.5 Å². The first-order valence-corrected chi connectivity index (χ1v) is 10.6. The fraction of sp³-hybridized carbons (Fsp3) is 0.240. The molecule has 0 saturated carbocycles. The van der Waals surface area contributed by atoms with Gasteiger partial charge in [-0.05, 0) is 79.9 Å². The topological polar surface area (TPSA) is 42.7 Å². The normalized spacial score (nSPS) is 14.2. The quantitative estimate of drug-likeness (QED) is 0.327. The maximum Gasteiger partial charge on any atom is 0.185 e. The molecule has 2 aromatic carbocycles. The number of piperidine rings is 1. The van der Waals surface area contributed by atoms with Crippen LogP contribution >= 0.6 is 11.6 Å². The van der Waals surface area contributed by atoms with Crippen LogP contribution in [0.15, 0.2) is 71.2 Å². The Labute approximate surface area is 181 Å². The van der Waals surface area contributed by atoms with Crippen molar-refractivity contribution in [2.45, 2.75) is 25.9 Å². The van der Waals surface area contributed by atoms with Gasteiger partial charge >= 0.3 is 0 Å². The molecule has 1 saturated heterocycles. The van der Waals surface area contributed by atoms with Crippen molar-refractivity contribution in [3.8, 4) is 5.75 Å². The molecule has 4 nitrogen and oxygen atoms in total. The van der Waals surface area contributed by atoms with Crippen molar-refractivity contribution < 1.29 is 13.9 Å². The molecule has 0 bridgehead atoms. The minimum atomic E-state index is -0.0505. The zero-order valence-corrected chi connectivity index (χ0v) is 17.5. The number of nitrogens with zero attached hydrogens (tertiary/aromatic N) is 1. The van der Waals surface area contributed by atoms with E-state index in [2.05, 4.69) is 4.90 Å². The second-order valence-electron chi connectivity index (χ2n) is 7.32. The number of benzene rings is 2. The maximum absolute atomic E-state index is 12.5. The molecule has 0 unspecified atom stereocenters. The fourth-order valence-electron chi connectivity index (χ4n) is 3.51. The number of hydrogen-bond donors (Lipinski definition) is 0. The SMILES string of the molecule is O=C(/C=C/c1ccc(COc2ccccc2Cl)o1)c1ccc(N2CCCCC2)cc1. The van der Waals surface area contributed by atoms with Gasteiger partial charge in [0.05, 0.1) is 5.02 Å². The van der Waals surface area contributed by atoms with Crippen molar-refractivity contribution in [2.75, 3.05) is 18.0 Å².